The highest BCUT2D eigenvalue weighted by molar-refractivity contribution is 5.35. The predicted molar refractivity (Wildman–Crippen MR) is 84.5 cm³/mol. The average Bonchev–Trinajstić information content (AvgIpc) is 2.94. The molecule has 1 aliphatic rings. The van der Waals surface area contributed by atoms with Gasteiger partial charge in [0.2, 0.25) is 0 Å². The maximum absolute atomic E-state index is 5.99. The van der Waals surface area contributed by atoms with Crippen LogP contribution in [-0.2, 0) is 26.0 Å². The molecule has 0 fully saturated rings. The van der Waals surface area contributed by atoms with Crippen molar-refractivity contribution in [2.24, 2.45) is 0 Å². The Balaban J connectivity index is 1.72. The van der Waals surface area contributed by atoms with E-state index >= 15 is 0 Å². The maximum Gasteiger partial charge on any atom is 0.142 e. The lowest BCUT2D eigenvalue weighted by Crippen LogP contribution is -2.10. The molecule has 0 radical (unpaired) electrons. The van der Waals surface area contributed by atoms with Gasteiger partial charge in [-0.25, -0.2) is 0 Å². The second-order valence-corrected chi connectivity index (χ2v) is 5.67. The van der Waals surface area contributed by atoms with Crippen molar-refractivity contribution in [1.29, 1.82) is 0 Å². The predicted octanol–water partition coefficient (Wildman–Crippen LogP) is 3.18. The van der Waals surface area contributed by atoms with Crippen LogP contribution >= 0.6 is 0 Å². The molecule has 2 aromatic rings. The summed E-state index contributed by atoms with van der Waals surface area (Å²) in [6.07, 6.45) is 3.72. The van der Waals surface area contributed by atoms with Crippen LogP contribution in [0.25, 0.3) is 0 Å². The molecule has 110 valence electrons. The zero-order valence-corrected chi connectivity index (χ0v) is 12.8. The van der Waals surface area contributed by atoms with Crippen molar-refractivity contribution in [2.75, 3.05) is 7.05 Å². The van der Waals surface area contributed by atoms with Crippen LogP contribution in [0.1, 0.15) is 34.5 Å². The maximum atomic E-state index is 5.99. The fourth-order valence-electron chi connectivity index (χ4n) is 2.90. The Morgan fingerprint density at radius 2 is 2.00 bits per heavy atom. The quantitative estimate of drug-likeness (QED) is 0.914. The van der Waals surface area contributed by atoms with Crippen LogP contribution in [0.3, 0.4) is 0 Å². The van der Waals surface area contributed by atoms with Gasteiger partial charge in [-0.05, 0) is 62.1 Å². The third kappa shape index (κ3) is 3.24. The van der Waals surface area contributed by atoms with E-state index in [1.807, 2.05) is 26.1 Å². The zero-order chi connectivity index (χ0) is 14.7. The van der Waals surface area contributed by atoms with Crippen molar-refractivity contribution in [3.63, 3.8) is 0 Å². The van der Waals surface area contributed by atoms with Gasteiger partial charge in [0.25, 0.3) is 0 Å². The van der Waals surface area contributed by atoms with Gasteiger partial charge in [0.15, 0.2) is 0 Å². The van der Waals surface area contributed by atoms with Crippen molar-refractivity contribution in [3.8, 4) is 5.75 Å². The smallest absolute Gasteiger partial charge is 0.142 e. The molecule has 3 rings (SSSR count). The molecule has 1 N–H and O–H groups in total. The summed E-state index contributed by atoms with van der Waals surface area (Å²) < 4.78 is 5.99. The lowest BCUT2D eigenvalue weighted by atomic mass is 10.1. The summed E-state index contributed by atoms with van der Waals surface area (Å²) in [5.41, 5.74) is 6.23. The lowest BCUT2D eigenvalue weighted by Gasteiger charge is -2.12. The number of nitrogens with zero attached hydrogens (tertiary/aromatic N) is 1. The van der Waals surface area contributed by atoms with E-state index in [0.29, 0.717) is 6.61 Å². The molecule has 3 heteroatoms. The summed E-state index contributed by atoms with van der Waals surface area (Å²) in [4.78, 5) is 4.55. The number of pyridine rings is 1. The third-order valence-corrected chi connectivity index (χ3v) is 3.97. The van der Waals surface area contributed by atoms with E-state index in [1.54, 1.807) is 0 Å². The molecule has 3 nitrogen and oxygen atoms in total. The van der Waals surface area contributed by atoms with E-state index < -0.39 is 0 Å². The van der Waals surface area contributed by atoms with Gasteiger partial charge in [0.1, 0.15) is 12.4 Å². The van der Waals surface area contributed by atoms with Crippen LogP contribution in [0, 0.1) is 6.92 Å². The van der Waals surface area contributed by atoms with Gasteiger partial charge >= 0.3 is 0 Å². The highest BCUT2D eigenvalue weighted by Crippen LogP contribution is 2.24. The van der Waals surface area contributed by atoms with Gasteiger partial charge in [-0.1, -0.05) is 18.2 Å². The molecule has 1 aromatic heterocycles. The molecule has 1 heterocycles. The first-order chi connectivity index (χ1) is 10.3. The molecule has 0 bridgehead atoms. The zero-order valence-electron chi connectivity index (χ0n) is 12.8. The molecular formula is C18H22N2O. The highest BCUT2D eigenvalue weighted by Gasteiger charge is 2.11. The summed E-state index contributed by atoms with van der Waals surface area (Å²) in [6.45, 7) is 3.33. The van der Waals surface area contributed by atoms with Crippen LogP contribution in [0.2, 0.25) is 0 Å². The highest BCUT2D eigenvalue weighted by atomic mass is 16.5. The minimum Gasteiger partial charge on any atom is -0.487 e. The number of hydrogen-bond acceptors (Lipinski definition) is 3. The van der Waals surface area contributed by atoms with E-state index in [2.05, 4.69) is 28.5 Å². The summed E-state index contributed by atoms with van der Waals surface area (Å²) in [5, 5.41) is 3.14. The molecule has 0 unspecified atom stereocenters. The summed E-state index contributed by atoms with van der Waals surface area (Å²) in [7, 11) is 1.92. The van der Waals surface area contributed by atoms with Crippen molar-refractivity contribution < 1.29 is 4.74 Å². The Morgan fingerprint density at radius 1 is 1.14 bits per heavy atom. The van der Waals surface area contributed by atoms with Crippen LogP contribution < -0.4 is 10.1 Å². The molecule has 1 aromatic carbocycles. The summed E-state index contributed by atoms with van der Waals surface area (Å²) in [5.74, 6) is 0.871. The SMILES string of the molecule is CNCc1nc(C)ccc1OCc1ccc2c(c1)CCC2. The van der Waals surface area contributed by atoms with Crippen molar-refractivity contribution >= 4 is 0 Å². The van der Waals surface area contributed by atoms with Gasteiger partial charge < -0.3 is 10.1 Å². The molecule has 0 spiro atoms. The molecule has 0 amide bonds. The number of fused-ring (bicyclic) bond motifs is 1. The summed E-state index contributed by atoms with van der Waals surface area (Å²) >= 11 is 0. The van der Waals surface area contributed by atoms with Crippen molar-refractivity contribution in [3.05, 3.63) is 58.4 Å². The number of nitrogens with one attached hydrogen (secondary N) is 1. The fraction of sp³-hybridized carbons (Fsp3) is 0.389. The molecule has 0 saturated heterocycles. The fourth-order valence-corrected chi connectivity index (χ4v) is 2.90. The molecular weight excluding hydrogens is 260 g/mol. The molecule has 1 aliphatic carbocycles. The second-order valence-electron chi connectivity index (χ2n) is 5.67. The third-order valence-electron chi connectivity index (χ3n) is 3.97. The first-order valence-corrected chi connectivity index (χ1v) is 7.61. The first kappa shape index (κ1) is 14.1. The Labute approximate surface area is 126 Å². The van der Waals surface area contributed by atoms with Crippen molar-refractivity contribution in [1.82, 2.24) is 10.3 Å². The van der Waals surface area contributed by atoms with E-state index in [-0.39, 0.29) is 0 Å². The second kappa shape index (κ2) is 6.27. The monoisotopic (exact) mass is 282 g/mol. The molecule has 0 saturated carbocycles. The van der Waals surface area contributed by atoms with E-state index in [4.69, 9.17) is 4.74 Å². The van der Waals surface area contributed by atoms with Gasteiger partial charge in [0, 0.05) is 12.2 Å². The number of aryl methyl sites for hydroxylation is 3. The van der Waals surface area contributed by atoms with E-state index in [9.17, 15) is 0 Å². The number of hydrogen-bond donors (Lipinski definition) is 1. The normalized spacial score (nSPS) is 13.2. The van der Waals surface area contributed by atoms with Gasteiger partial charge in [0.05, 0.1) is 5.69 Å². The minimum absolute atomic E-state index is 0.606. The van der Waals surface area contributed by atoms with Gasteiger partial charge in [-0.3, -0.25) is 4.98 Å². The van der Waals surface area contributed by atoms with E-state index in [0.717, 1.165) is 23.7 Å². The Kier molecular flexibility index (Phi) is 4.20. The van der Waals surface area contributed by atoms with E-state index in [1.165, 1.54) is 36.0 Å². The number of benzene rings is 1. The number of ether oxygens (including phenoxy) is 1. The minimum atomic E-state index is 0.606. The van der Waals surface area contributed by atoms with Crippen LogP contribution in [0.5, 0.6) is 5.75 Å². The van der Waals surface area contributed by atoms with Crippen LogP contribution in [0.4, 0.5) is 0 Å². The largest absolute Gasteiger partial charge is 0.487 e. The average molecular weight is 282 g/mol. The first-order valence-electron chi connectivity index (χ1n) is 7.61. The Bertz CT molecular complexity index is 637. The standard InChI is InChI=1S/C18H22N2O/c1-13-6-9-18(17(20-13)11-19-2)21-12-14-7-8-15-4-3-5-16(15)10-14/h6-10,19H,3-5,11-12H2,1-2H3. The topological polar surface area (TPSA) is 34.2 Å². The van der Waals surface area contributed by atoms with Crippen LogP contribution in [-0.4, -0.2) is 12.0 Å². The summed E-state index contributed by atoms with van der Waals surface area (Å²) in [6, 6.07) is 10.7. The number of rotatable bonds is 5. The van der Waals surface area contributed by atoms with Gasteiger partial charge in [-0.2, -0.15) is 0 Å². The Hall–Kier alpha value is -1.87. The van der Waals surface area contributed by atoms with Crippen molar-refractivity contribution in [2.45, 2.75) is 39.3 Å². The lowest BCUT2D eigenvalue weighted by molar-refractivity contribution is 0.300. The molecule has 0 aliphatic heterocycles. The van der Waals surface area contributed by atoms with Crippen LogP contribution in [0.15, 0.2) is 30.3 Å². The number of aromatic nitrogens is 1. The van der Waals surface area contributed by atoms with Gasteiger partial charge in [-0.15, -0.1) is 0 Å². The Morgan fingerprint density at radius 3 is 2.86 bits per heavy atom. The molecule has 0 atom stereocenters. The molecule has 21 heavy (non-hydrogen) atoms.